The van der Waals surface area contributed by atoms with Crippen molar-refractivity contribution in [2.75, 3.05) is 12.4 Å². The SMILES string of the molecule is CCCCCCCCCCCCCC[C@@](O)(CSc1ccc(C)cc1)C(=O)OCC. The van der Waals surface area contributed by atoms with Crippen LogP contribution in [0.2, 0.25) is 0 Å². The van der Waals surface area contributed by atoms with E-state index >= 15 is 0 Å². The van der Waals surface area contributed by atoms with Crippen molar-refractivity contribution < 1.29 is 14.6 Å². The van der Waals surface area contributed by atoms with Gasteiger partial charge in [-0.15, -0.1) is 11.8 Å². The number of esters is 1. The molecule has 4 heteroatoms. The summed E-state index contributed by atoms with van der Waals surface area (Å²) in [5, 5.41) is 11.0. The number of aryl methyl sites for hydroxylation is 1. The molecule has 1 aromatic rings. The molecule has 1 N–H and O–H groups in total. The zero-order valence-corrected chi connectivity index (χ0v) is 20.4. The molecule has 0 spiro atoms. The van der Waals surface area contributed by atoms with E-state index in [4.69, 9.17) is 4.74 Å². The lowest BCUT2D eigenvalue weighted by atomic mass is 9.97. The van der Waals surface area contributed by atoms with Gasteiger partial charge in [-0.1, -0.05) is 95.2 Å². The maximum Gasteiger partial charge on any atom is 0.338 e. The lowest BCUT2D eigenvalue weighted by Crippen LogP contribution is -2.42. The smallest absolute Gasteiger partial charge is 0.338 e. The van der Waals surface area contributed by atoms with E-state index < -0.39 is 11.6 Å². The van der Waals surface area contributed by atoms with Gasteiger partial charge in [0.25, 0.3) is 0 Å². The van der Waals surface area contributed by atoms with Gasteiger partial charge in [-0.25, -0.2) is 4.79 Å². The standard InChI is InChI=1S/C26H44O3S/c1-4-6-7-8-9-10-11-12-13-14-15-16-21-26(28,25(27)29-5-2)22-30-24-19-17-23(3)18-20-24/h17-20,28H,4-16,21-22H2,1-3H3/t26-/m1/s1. The number of rotatable bonds is 18. The van der Waals surface area contributed by atoms with Gasteiger partial charge >= 0.3 is 5.97 Å². The van der Waals surface area contributed by atoms with Crippen LogP contribution in [0.1, 0.15) is 103 Å². The van der Waals surface area contributed by atoms with Gasteiger partial charge in [0.1, 0.15) is 0 Å². The highest BCUT2D eigenvalue weighted by atomic mass is 32.2. The third kappa shape index (κ3) is 12.0. The average Bonchev–Trinajstić information content (AvgIpc) is 2.74. The summed E-state index contributed by atoms with van der Waals surface area (Å²) >= 11 is 1.52. The Morgan fingerprint density at radius 2 is 1.37 bits per heavy atom. The van der Waals surface area contributed by atoms with Gasteiger partial charge in [0.15, 0.2) is 5.60 Å². The normalized spacial score (nSPS) is 13.2. The van der Waals surface area contributed by atoms with E-state index in [1.54, 1.807) is 6.92 Å². The van der Waals surface area contributed by atoms with Gasteiger partial charge in [0.05, 0.1) is 6.61 Å². The van der Waals surface area contributed by atoms with E-state index in [1.807, 2.05) is 12.1 Å². The Hall–Kier alpha value is -1.00. The number of carbonyl (C=O) groups excluding carboxylic acids is 1. The van der Waals surface area contributed by atoms with Crippen LogP contribution in [0.25, 0.3) is 0 Å². The maximum absolute atomic E-state index is 12.4. The van der Waals surface area contributed by atoms with E-state index in [1.165, 1.54) is 81.5 Å². The Morgan fingerprint density at radius 1 is 0.867 bits per heavy atom. The van der Waals surface area contributed by atoms with Crippen molar-refractivity contribution >= 4 is 17.7 Å². The average molecular weight is 437 g/mol. The first-order chi connectivity index (χ1) is 14.5. The zero-order valence-electron chi connectivity index (χ0n) is 19.6. The molecule has 1 rings (SSSR count). The predicted octanol–water partition coefficient (Wildman–Crippen LogP) is 7.47. The molecule has 0 saturated carbocycles. The van der Waals surface area contributed by atoms with E-state index in [0.717, 1.165) is 17.7 Å². The van der Waals surface area contributed by atoms with Crippen LogP contribution >= 0.6 is 11.8 Å². The molecule has 0 radical (unpaired) electrons. The summed E-state index contributed by atoms with van der Waals surface area (Å²) < 4.78 is 5.17. The lowest BCUT2D eigenvalue weighted by molar-refractivity contribution is -0.163. The molecular weight excluding hydrogens is 392 g/mol. The quantitative estimate of drug-likeness (QED) is 0.147. The number of hydrogen-bond donors (Lipinski definition) is 1. The molecule has 0 aliphatic heterocycles. The predicted molar refractivity (Wildman–Crippen MR) is 129 cm³/mol. The fraction of sp³-hybridized carbons (Fsp3) is 0.731. The van der Waals surface area contributed by atoms with Gasteiger partial charge < -0.3 is 9.84 Å². The Kier molecular flexibility index (Phi) is 15.0. The van der Waals surface area contributed by atoms with Crippen molar-refractivity contribution in [1.82, 2.24) is 0 Å². The third-order valence-electron chi connectivity index (χ3n) is 5.60. The summed E-state index contributed by atoms with van der Waals surface area (Å²) in [6.45, 7) is 6.40. The number of carbonyl (C=O) groups is 1. The minimum absolute atomic E-state index is 0.300. The topological polar surface area (TPSA) is 46.5 Å². The van der Waals surface area contributed by atoms with Gasteiger partial charge in [-0.05, 0) is 38.8 Å². The number of unbranched alkanes of at least 4 members (excludes halogenated alkanes) is 11. The number of benzene rings is 1. The molecule has 172 valence electrons. The van der Waals surface area contributed by atoms with Crippen LogP contribution in [0.15, 0.2) is 29.2 Å². The van der Waals surface area contributed by atoms with Crippen molar-refractivity contribution in [3.05, 3.63) is 29.8 Å². The highest BCUT2D eigenvalue weighted by Crippen LogP contribution is 2.28. The minimum atomic E-state index is -1.40. The fourth-order valence-electron chi connectivity index (χ4n) is 3.59. The fourth-order valence-corrected chi connectivity index (χ4v) is 4.59. The van der Waals surface area contributed by atoms with Gasteiger partial charge in [0.2, 0.25) is 0 Å². The van der Waals surface area contributed by atoms with Crippen LogP contribution < -0.4 is 0 Å². The summed E-state index contributed by atoms with van der Waals surface area (Å²) in [5.41, 5.74) is -0.194. The van der Waals surface area contributed by atoms with E-state index in [-0.39, 0.29) is 0 Å². The van der Waals surface area contributed by atoms with Crippen LogP contribution in [-0.4, -0.2) is 29.0 Å². The number of thioether (sulfide) groups is 1. The molecule has 1 aromatic carbocycles. The summed E-state index contributed by atoms with van der Waals surface area (Å²) in [7, 11) is 0. The van der Waals surface area contributed by atoms with Gasteiger partial charge in [0, 0.05) is 10.6 Å². The highest BCUT2D eigenvalue weighted by molar-refractivity contribution is 7.99. The zero-order chi connectivity index (χ0) is 22.1. The summed E-state index contributed by atoms with van der Waals surface area (Å²) in [4.78, 5) is 13.5. The summed E-state index contributed by atoms with van der Waals surface area (Å²) in [6.07, 6.45) is 15.7. The largest absolute Gasteiger partial charge is 0.464 e. The van der Waals surface area contributed by atoms with E-state index in [2.05, 4.69) is 26.0 Å². The van der Waals surface area contributed by atoms with Crippen LogP contribution in [0.5, 0.6) is 0 Å². The molecule has 0 heterocycles. The number of hydrogen-bond acceptors (Lipinski definition) is 4. The molecule has 0 unspecified atom stereocenters. The van der Waals surface area contributed by atoms with Crippen molar-refractivity contribution in [1.29, 1.82) is 0 Å². The van der Waals surface area contributed by atoms with E-state index in [9.17, 15) is 9.90 Å². The Labute approximate surface area is 189 Å². The van der Waals surface area contributed by atoms with Crippen LogP contribution in [0, 0.1) is 6.92 Å². The number of ether oxygens (including phenoxy) is 1. The second kappa shape index (κ2) is 16.7. The molecule has 0 aliphatic rings. The molecule has 0 aliphatic carbocycles. The molecule has 0 bridgehead atoms. The lowest BCUT2D eigenvalue weighted by Gasteiger charge is -2.25. The molecule has 1 atom stereocenters. The molecule has 3 nitrogen and oxygen atoms in total. The number of aliphatic hydroxyl groups is 1. The van der Waals surface area contributed by atoms with Crippen LogP contribution in [0.4, 0.5) is 0 Å². The Balaban J connectivity index is 2.25. The second-order valence-corrected chi connectivity index (χ2v) is 9.54. The molecule has 0 amide bonds. The van der Waals surface area contributed by atoms with Crippen LogP contribution in [0.3, 0.4) is 0 Å². The summed E-state index contributed by atoms with van der Waals surface area (Å²) in [5.74, 6) is -0.139. The van der Waals surface area contributed by atoms with Gasteiger partial charge in [-0.3, -0.25) is 0 Å². The van der Waals surface area contributed by atoms with Crippen molar-refractivity contribution in [3.63, 3.8) is 0 Å². The molecule has 0 aromatic heterocycles. The third-order valence-corrected chi connectivity index (χ3v) is 6.83. The molecule has 30 heavy (non-hydrogen) atoms. The second-order valence-electron chi connectivity index (χ2n) is 8.49. The van der Waals surface area contributed by atoms with E-state index in [0.29, 0.717) is 18.8 Å². The van der Waals surface area contributed by atoms with Crippen molar-refractivity contribution in [2.24, 2.45) is 0 Å². The maximum atomic E-state index is 12.4. The summed E-state index contributed by atoms with van der Waals surface area (Å²) in [6, 6.07) is 8.18. The van der Waals surface area contributed by atoms with Gasteiger partial charge in [-0.2, -0.15) is 0 Å². The van der Waals surface area contributed by atoms with Crippen molar-refractivity contribution in [2.45, 2.75) is 115 Å². The minimum Gasteiger partial charge on any atom is -0.464 e. The highest BCUT2D eigenvalue weighted by Gasteiger charge is 2.37. The molecular formula is C26H44O3S. The Morgan fingerprint density at radius 3 is 1.87 bits per heavy atom. The first-order valence-electron chi connectivity index (χ1n) is 12.1. The van der Waals surface area contributed by atoms with Crippen LogP contribution in [-0.2, 0) is 9.53 Å². The Bertz CT molecular complexity index is 558. The monoisotopic (exact) mass is 436 g/mol. The molecule has 0 fully saturated rings. The van der Waals surface area contributed by atoms with Crippen molar-refractivity contribution in [3.8, 4) is 0 Å². The molecule has 0 saturated heterocycles. The first kappa shape index (κ1) is 27.0. The first-order valence-corrected chi connectivity index (χ1v) is 13.1.